The van der Waals surface area contributed by atoms with Crippen molar-refractivity contribution in [2.75, 3.05) is 7.11 Å². The van der Waals surface area contributed by atoms with Crippen molar-refractivity contribution in [3.8, 4) is 5.75 Å². The summed E-state index contributed by atoms with van der Waals surface area (Å²) in [4.78, 5) is 11.9. The van der Waals surface area contributed by atoms with Gasteiger partial charge in [0, 0.05) is 12.8 Å². The Labute approximate surface area is 116 Å². The molecule has 0 radical (unpaired) electrons. The van der Waals surface area contributed by atoms with E-state index in [1.54, 1.807) is 31.4 Å². The maximum atomic E-state index is 13.4. The number of ketones is 1. The minimum absolute atomic E-state index is 0.0866. The summed E-state index contributed by atoms with van der Waals surface area (Å²) in [6.45, 7) is 0. The molecule has 0 saturated heterocycles. The molecule has 0 spiro atoms. The number of rotatable bonds is 5. The Morgan fingerprint density at radius 2 is 1.75 bits per heavy atom. The van der Waals surface area contributed by atoms with Crippen LogP contribution in [0.4, 0.5) is 8.78 Å². The molecule has 0 fully saturated rings. The van der Waals surface area contributed by atoms with Gasteiger partial charge in [-0.1, -0.05) is 12.1 Å². The third-order valence-electron chi connectivity index (χ3n) is 2.96. The lowest BCUT2D eigenvalue weighted by molar-refractivity contribution is -0.117. The highest BCUT2D eigenvalue weighted by Crippen LogP contribution is 2.14. The molecule has 4 heteroatoms. The number of benzene rings is 2. The van der Waals surface area contributed by atoms with Gasteiger partial charge in [0.2, 0.25) is 0 Å². The topological polar surface area (TPSA) is 26.3 Å². The van der Waals surface area contributed by atoms with Gasteiger partial charge in [-0.3, -0.25) is 4.79 Å². The van der Waals surface area contributed by atoms with E-state index in [1.807, 2.05) is 0 Å². The quantitative estimate of drug-likeness (QED) is 0.837. The standard InChI is InChI=1S/C16H14F2O2/c1-20-15-5-2-11(3-6-15)8-14(19)10-12-9-13(17)4-7-16(12)18/h2-7,9H,8,10H2,1H3. The highest BCUT2D eigenvalue weighted by Gasteiger charge is 2.10. The second-order valence-corrected chi connectivity index (χ2v) is 4.48. The van der Waals surface area contributed by atoms with Gasteiger partial charge < -0.3 is 4.74 Å². The zero-order chi connectivity index (χ0) is 14.5. The molecular weight excluding hydrogens is 262 g/mol. The van der Waals surface area contributed by atoms with E-state index >= 15 is 0 Å². The zero-order valence-electron chi connectivity index (χ0n) is 11.0. The molecule has 20 heavy (non-hydrogen) atoms. The fraction of sp³-hybridized carbons (Fsp3) is 0.188. The summed E-state index contributed by atoms with van der Waals surface area (Å²) in [5, 5.41) is 0. The van der Waals surface area contributed by atoms with Crippen LogP contribution in [-0.2, 0) is 17.6 Å². The molecule has 2 aromatic rings. The number of hydrogen-bond acceptors (Lipinski definition) is 2. The maximum Gasteiger partial charge on any atom is 0.141 e. The van der Waals surface area contributed by atoms with Gasteiger partial charge in [0.1, 0.15) is 23.2 Å². The smallest absolute Gasteiger partial charge is 0.141 e. The number of halogens is 2. The Morgan fingerprint density at radius 3 is 2.40 bits per heavy atom. The molecule has 2 nitrogen and oxygen atoms in total. The average Bonchev–Trinajstić information content (AvgIpc) is 2.43. The number of Topliss-reactive ketones (excluding diaryl/α,β-unsaturated/α-hetero) is 1. The molecule has 0 atom stereocenters. The zero-order valence-corrected chi connectivity index (χ0v) is 11.0. The number of carbonyl (C=O) groups excluding carboxylic acids is 1. The summed E-state index contributed by atoms with van der Waals surface area (Å²) in [5.74, 6) is -0.565. The highest BCUT2D eigenvalue weighted by atomic mass is 19.1. The molecule has 0 bridgehead atoms. The van der Waals surface area contributed by atoms with Crippen LogP contribution in [0.2, 0.25) is 0 Å². The predicted octanol–water partition coefficient (Wildman–Crippen LogP) is 3.33. The van der Waals surface area contributed by atoms with Gasteiger partial charge in [-0.05, 0) is 41.5 Å². The normalized spacial score (nSPS) is 10.3. The molecule has 2 aromatic carbocycles. The van der Waals surface area contributed by atoms with E-state index in [-0.39, 0.29) is 24.2 Å². The van der Waals surface area contributed by atoms with Crippen LogP contribution in [0.1, 0.15) is 11.1 Å². The fourth-order valence-electron chi connectivity index (χ4n) is 1.92. The number of hydrogen-bond donors (Lipinski definition) is 0. The lowest BCUT2D eigenvalue weighted by Crippen LogP contribution is -2.08. The van der Waals surface area contributed by atoms with Gasteiger partial charge >= 0.3 is 0 Å². The van der Waals surface area contributed by atoms with Crippen molar-refractivity contribution in [1.82, 2.24) is 0 Å². The number of carbonyl (C=O) groups is 1. The van der Waals surface area contributed by atoms with Crippen LogP contribution < -0.4 is 4.74 Å². The number of methoxy groups -OCH3 is 1. The van der Waals surface area contributed by atoms with Crippen LogP contribution in [0.15, 0.2) is 42.5 Å². The van der Waals surface area contributed by atoms with Crippen LogP contribution in [0.3, 0.4) is 0 Å². The van der Waals surface area contributed by atoms with E-state index in [1.165, 1.54) is 0 Å². The Morgan fingerprint density at radius 1 is 1.05 bits per heavy atom. The molecule has 2 rings (SSSR count). The molecule has 0 unspecified atom stereocenters. The third kappa shape index (κ3) is 3.63. The average molecular weight is 276 g/mol. The van der Waals surface area contributed by atoms with Crippen LogP contribution in [-0.4, -0.2) is 12.9 Å². The van der Waals surface area contributed by atoms with Gasteiger partial charge in [0.05, 0.1) is 7.11 Å². The van der Waals surface area contributed by atoms with Crippen molar-refractivity contribution < 1.29 is 18.3 Å². The molecule has 0 N–H and O–H groups in total. The monoisotopic (exact) mass is 276 g/mol. The van der Waals surface area contributed by atoms with Gasteiger partial charge in [-0.25, -0.2) is 8.78 Å². The van der Waals surface area contributed by atoms with Crippen LogP contribution in [0.25, 0.3) is 0 Å². The van der Waals surface area contributed by atoms with Crippen molar-refractivity contribution in [3.63, 3.8) is 0 Å². The summed E-state index contributed by atoms with van der Waals surface area (Å²) in [5.41, 5.74) is 0.899. The van der Waals surface area contributed by atoms with Gasteiger partial charge in [0.25, 0.3) is 0 Å². The summed E-state index contributed by atoms with van der Waals surface area (Å²) in [6.07, 6.45) is 0.0650. The van der Waals surface area contributed by atoms with Crippen LogP contribution >= 0.6 is 0 Å². The molecule has 0 saturated carbocycles. The molecular formula is C16H14F2O2. The van der Waals surface area contributed by atoms with Crippen molar-refractivity contribution in [3.05, 3.63) is 65.2 Å². The third-order valence-corrected chi connectivity index (χ3v) is 2.96. The molecule has 0 aliphatic carbocycles. The molecule has 0 aromatic heterocycles. The first-order valence-electron chi connectivity index (χ1n) is 6.17. The fourth-order valence-corrected chi connectivity index (χ4v) is 1.92. The first kappa shape index (κ1) is 14.2. The molecule has 0 amide bonds. The SMILES string of the molecule is COc1ccc(CC(=O)Cc2cc(F)ccc2F)cc1. The van der Waals surface area contributed by atoms with Crippen molar-refractivity contribution in [2.45, 2.75) is 12.8 Å². The largest absolute Gasteiger partial charge is 0.497 e. The molecule has 0 aliphatic heterocycles. The lowest BCUT2D eigenvalue weighted by atomic mass is 10.0. The van der Waals surface area contributed by atoms with Crippen molar-refractivity contribution in [1.29, 1.82) is 0 Å². The minimum atomic E-state index is -0.561. The Bertz CT molecular complexity index is 606. The second kappa shape index (κ2) is 6.28. The lowest BCUT2D eigenvalue weighted by Gasteiger charge is -2.05. The van der Waals surface area contributed by atoms with Crippen molar-refractivity contribution >= 4 is 5.78 Å². The minimum Gasteiger partial charge on any atom is -0.497 e. The van der Waals surface area contributed by atoms with E-state index < -0.39 is 11.6 Å². The van der Waals surface area contributed by atoms with Crippen LogP contribution in [0.5, 0.6) is 5.75 Å². The first-order chi connectivity index (χ1) is 9.58. The molecule has 104 valence electrons. The Kier molecular flexibility index (Phi) is 4.45. The maximum absolute atomic E-state index is 13.4. The van der Waals surface area contributed by atoms with E-state index in [2.05, 4.69) is 0 Å². The van der Waals surface area contributed by atoms with Gasteiger partial charge in [-0.15, -0.1) is 0 Å². The summed E-state index contributed by atoms with van der Waals surface area (Å²) < 4.78 is 31.5. The molecule has 0 aliphatic rings. The highest BCUT2D eigenvalue weighted by molar-refractivity contribution is 5.83. The number of ether oxygens (including phenoxy) is 1. The Balaban J connectivity index is 2.03. The second-order valence-electron chi connectivity index (χ2n) is 4.48. The van der Waals surface area contributed by atoms with E-state index in [9.17, 15) is 13.6 Å². The summed E-state index contributed by atoms with van der Waals surface area (Å²) >= 11 is 0. The summed E-state index contributed by atoms with van der Waals surface area (Å²) in [6, 6.07) is 10.2. The predicted molar refractivity (Wildman–Crippen MR) is 71.8 cm³/mol. The summed E-state index contributed by atoms with van der Waals surface area (Å²) in [7, 11) is 1.56. The van der Waals surface area contributed by atoms with Gasteiger partial charge in [0.15, 0.2) is 0 Å². The van der Waals surface area contributed by atoms with E-state index in [0.717, 1.165) is 23.8 Å². The molecule has 0 heterocycles. The van der Waals surface area contributed by atoms with Crippen LogP contribution in [0, 0.1) is 11.6 Å². The van der Waals surface area contributed by atoms with E-state index in [4.69, 9.17) is 4.74 Å². The van der Waals surface area contributed by atoms with Gasteiger partial charge in [-0.2, -0.15) is 0 Å². The van der Waals surface area contributed by atoms with E-state index in [0.29, 0.717) is 5.75 Å². The van der Waals surface area contributed by atoms with Crippen molar-refractivity contribution in [2.24, 2.45) is 0 Å². The first-order valence-corrected chi connectivity index (χ1v) is 6.17. The Hall–Kier alpha value is -2.23.